The summed E-state index contributed by atoms with van der Waals surface area (Å²) in [7, 11) is 0. The number of nitrogens with zero attached hydrogens (tertiary/aromatic N) is 4. The zero-order chi connectivity index (χ0) is 16.0. The molecule has 0 saturated carbocycles. The Morgan fingerprint density at radius 3 is 2.74 bits per heavy atom. The van der Waals surface area contributed by atoms with Crippen molar-refractivity contribution in [3.63, 3.8) is 0 Å². The molecule has 0 radical (unpaired) electrons. The third kappa shape index (κ3) is 2.41. The third-order valence-corrected chi connectivity index (χ3v) is 4.80. The second-order valence-electron chi connectivity index (χ2n) is 6.56. The van der Waals surface area contributed by atoms with Gasteiger partial charge in [0.15, 0.2) is 11.4 Å². The lowest BCUT2D eigenvalue weighted by Crippen LogP contribution is -2.46. The number of aryl methyl sites for hydroxylation is 1. The summed E-state index contributed by atoms with van der Waals surface area (Å²) in [6.07, 6.45) is 3.66. The van der Waals surface area contributed by atoms with Crippen molar-refractivity contribution >= 4 is 17.2 Å². The fourth-order valence-corrected chi connectivity index (χ4v) is 3.76. The van der Waals surface area contributed by atoms with E-state index in [2.05, 4.69) is 21.0 Å². The van der Waals surface area contributed by atoms with Crippen LogP contribution in [0.3, 0.4) is 0 Å². The summed E-state index contributed by atoms with van der Waals surface area (Å²) in [6, 6.07) is 4.69. The monoisotopic (exact) mass is 314 g/mol. The predicted molar refractivity (Wildman–Crippen MR) is 87.1 cm³/mol. The summed E-state index contributed by atoms with van der Waals surface area (Å²) in [5, 5.41) is 4.57. The van der Waals surface area contributed by atoms with Crippen molar-refractivity contribution in [2.24, 2.45) is 0 Å². The Morgan fingerprint density at radius 2 is 2.04 bits per heavy atom. The number of carbonyl (C=O) groups excluding carboxylic acids is 1. The number of ketones is 1. The highest BCUT2D eigenvalue weighted by molar-refractivity contribution is 5.95. The van der Waals surface area contributed by atoms with Crippen LogP contribution in [0.4, 0.5) is 5.82 Å². The highest BCUT2D eigenvalue weighted by Gasteiger charge is 2.38. The van der Waals surface area contributed by atoms with Gasteiger partial charge in [0.05, 0.1) is 25.3 Å². The van der Waals surface area contributed by atoms with E-state index >= 15 is 0 Å². The molecule has 0 spiro atoms. The van der Waals surface area contributed by atoms with E-state index in [0.29, 0.717) is 24.2 Å². The number of rotatable bonds is 4. The lowest BCUT2D eigenvalue weighted by atomic mass is 10.2. The van der Waals surface area contributed by atoms with Crippen LogP contribution in [-0.2, 0) is 4.74 Å². The van der Waals surface area contributed by atoms with Crippen LogP contribution in [-0.4, -0.2) is 45.7 Å². The quantitative estimate of drug-likeness (QED) is 0.811. The molecule has 122 valence electrons. The summed E-state index contributed by atoms with van der Waals surface area (Å²) in [5.74, 6) is 1.13. The van der Waals surface area contributed by atoms with Crippen LogP contribution < -0.4 is 4.90 Å². The van der Waals surface area contributed by atoms with Crippen LogP contribution in [0.15, 0.2) is 12.1 Å². The van der Waals surface area contributed by atoms with Gasteiger partial charge in [-0.2, -0.15) is 9.61 Å². The van der Waals surface area contributed by atoms with Gasteiger partial charge in [-0.1, -0.05) is 6.92 Å². The number of fused-ring (bicyclic) bond motifs is 3. The first-order chi connectivity index (χ1) is 11.2. The largest absolute Gasteiger partial charge is 0.377 e. The molecule has 2 atom stereocenters. The number of aromatic nitrogens is 3. The number of hydrogen-bond donors (Lipinski definition) is 0. The first-order valence-corrected chi connectivity index (χ1v) is 8.44. The maximum Gasteiger partial charge on any atom is 0.183 e. The molecule has 2 aromatic rings. The van der Waals surface area contributed by atoms with E-state index in [9.17, 15) is 4.79 Å². The van der Waals surface area contributed by atoms with Crippen LogP contribution in [0.2, 0.25) is 0 Å². The third-order valence-electron chi connectivity index (χ3n) is 4.80. The van der Waals surface area contributed by atoms with Crippen molar-refractivity contribution in [3.05, 3.63) is 23.5 Å². The lowest BCUT2D eigenvalue weighted by molar-refractivity contribution is 0.0899. The van der Waals surface area contributed by atoms with Gasteiger partial charge >= 0.3 is 0 Å². The molecule has 2 aromatic heterocycles. The van der Waals surface area contributed by atoms with Crippen molar-refractivity contribution < 1.29 is 9.53 Å². The molecule has 0 amide bonds. The predicted octanol–water partition coefficient (Wildman–Crippen LogP) is 2.39. The van der Waals surface area contributed by atoms with Crippen molar-refractivity contribution in [2.75, 3.05) is 18.1 Å². The SMILES string of the molecule is CCCC(=O)c1cc2nc(C)cc(N3C4CCC3COC4)n2n1. The molecule has 0 aromatic carbocycles. The van der Waals surface area contributed by atoms with Gasteiger partial charge in [0.25, 0.3) is 0 Å². The summed E-state index contributed by atoms with van der Waals surface area (Å²) in [5.41, 5.74) is 2.23. The number of hydrogen-bond acceptors (Lipinski definition) is 5. The summed E-state index contributed by atoms with van der Waals surface area (Å²) >= 11 is 0. The van der Waals surface area contributed by atoms with Crippen LogP contribution in [0.25, 0.3) is 5.65 Å². The number of carbonyl (C=O) groups is 1. The minimum absolute atomic E-state index is 0.0894. The van der Waals surface area contributed by atoms with E-state index in [1.165, 1.54) is 0 Å². The zero-order valence-electron chi connectivity index (χ0n) is 13.7. The highest BCUT2D eigenvalue weighted by Crippen LogP contribution is 2.34. The Balaban J connectivity index is 1.81. The van der Waals surface area contributed by atoms with Crippen LogP contribution in [0.5, 0.6) is 0 Å². The fraction of sp³-hybridized carbons (Fsp3) is 0.588. The maximum atomic E-state index is 12.2. The van der Waals surface area contributed by atoms with Crippen molar-refractivity contribution in [2.45, 2.75) is 51.6 Å². The highest BCUT2D eigenvalue weighted by atomic mass is 16.5. The smallest absolute Gasteiger partial charge is 0.183 e. The average molecular weight is 314 g/mol. The fourth-order valence-electron chi connectivity index (χ4n) is 3.76. The molecule has 6 heteroatoms. The van der Waals surface area contributed by atoms with E-state index in [1.807, 2.05) is 24.4 Å². The van der Waals surface area contributed by atoms with Crippen molar-refractivity contribution in [1.29, 1.82) is 0 Å². The first-order valence-electron chi connectivity index (χ1n) is 8.44. The number of morpholine rings is 1. The van der Waals surface area contributed by atoms with Crippen LogP contribution in [0, 0.1) is 6.92 Å². The van der Waals surface area contributed by atoms with Gasteiger partial charge in [-0.15, -0.1) is 0 Å². The number of Topliss-reactive ketones (excluding diaryl/α,β-unsaturated/α-hetero) is 1. The standard InChI is InChI=1S/C17H22N4O2/c1-3-4-15(22)14-8-16-18-11(2)7-17(21(16)19-14)20-12-5-6-13(20)10-23-9-12/h7-8,12-13H,3-6,9-10H2,1-2H3. The van der Waals surface area contributed by atoms with Gasteiger partial charge in [0.2, 0.25) is 0 Å². The molecule has 2 bridgehead atoms. The van der Waals surface area contributed by atoms with Gasteiger partial charge < -0.3 is 9.64 Å². The van der Waals surface area contributed by atoms with E-state index in [-0.39, 0.29) is 5.78 Å². The molecule has 2 fully saturated rings. The molecule has 4 rings (SSSR count). The van der Waals surface area contributed by atoms with Gasteiger partial charge in [-0.3, -0.25) is 4.79 Å². The molecule has 2 saturated heterocycles. The first kappa shape index (κ1) is 14.6. The maximum absolute atomic E-state index is 12.2. The second kappa shape index (κ2) is 5.60. The number of anilines is 1. The van der Waals surface area contributed by atoms with E-state index in [4.69, 9.17) is 4.74 Å². The summed E-state index contributed by atoms with van der Waals surface area (Å²) < 4.78 is 7.52. The molecular weight excluding hydrogens is 292 g/mol. The Kier molecular flexibility index (Phi) is 3.56. The van der Waals surface area contributed by atoms with Gasteiger partial charge in [0, 0.05) is 24.2 Å². The Labute approximate surface area is 135 Å². The molecule has 2 aliphatic rings. The summed E-state index contributed by atoms with van der Waals surface area (Å²) in [6.45, 7) is 5.53. The Bertz CT molecular complexity index is 738. The molecule has 0 N–H and O–H groups in total. The minimum Gasteiger partial charge on any atom is -0.377 e. The van der Waals surface area contributed by atoms with Gasteiger partial charge in [-0.25, -0.2) is 4.98 Å². The van der Waals surface area contributed by atoms with E-state index in [1.54, 1.807) is 0 Å². The van der Waals surface area contributed by atoms with E-state index < -0.39 is 0 Å². The number of ether oxygens (including phenoxy) is 1. The molecule has 23 heavy (non-hydrogen) atoms. The van der Waals surface area contributed by atoms with Crippen molar-refractivity contribution in [3.8, 4) is 0 Å². The van der Waals surface area contributed by atoms with E-state index in [0.717, 1.165) is 49.6 Å². The molecule has 0 aliphatic carbocycles. The van der Waals surface area contributed by atoms with Crippen LogP contribution >= 0.6 is 0 Å². The average Bonchev–Trinajstić information content (AvgIpc) is 3.05. The summed E-state index contributed by atoms with van der Waals surface area (Å²) in [4.78, 5) is 19.2. The van der Waals surface area contributed by atoms with Gasteiger partial charge in [0.1, 0.15) is 11.5 Å². The molecule has 2 aliphatic heterocycles. The Hall–Kier alpha value is -1.95. The zero-order valence-corrected chi connectivity index (χ0v) is 13.7. The van der Waals surface area contributed by atoms with Gasteiger partial charge in [-0.05, 0) is 26.2 Å². The molecule has 2 unspecified atom stereocenters. The molecule has 4 heterocycles. The Morgan fingerprint density at radius 1 is 1.30 bits per heavy atom. The normalized spacial score (nSPS) is 23.7. The molecular formula is C17H22N4O2. The van der Waals surface area contributed by atoms with Crippen molar-refractivity contribution in [1.82, 2.24) is 14.6 Å². The second-order valence-corrected chi connectivity index (χ2v) is 6.56. The van der Waals surface area contributed by atoms with Crippen LogP contribution in [0.1, 0.15) is 48.8 Å². The lowest BCUT2D eigenvalue weighted by Gasteiger charge is -2.36. The molecule has 6 nitrogen and oxygen atoms in total. The topological polar surface area (TPSA) is 59.7 Å². The minimum atomic E-state index is 0.0894.